The number of rotatable bonds is 5. The predicted molar refractivity (Wildman–Crippen MR) is 110 cm³/mol. The molecule has 138 valence electrons. The molecule has 2 heterocycles. The molecule has 0 saturated heterocycles. The van der Waals surface area contributed by atoms with E-state index in [0.29, 0.717) is 16.4 Å². The van der Waals surface area contributed by atoms with Crippen LogP contribution in [0.1, 0.15) is 16.1 Å². The number of aromatic amines is 1. The van der Waals surface area contributed by atoms with Gasteiger partial charge in [0.25, 0.3) is 5.91 Å². The van der Waals surface area contributed by atoms with Crippen LogP contribution in [-0.4, -0.2) is 26.9 Å². The molecule has 7 heteroatoms. The Morgan fingerprint density at radius 2 is 1.96 bits per heavy atom. The van der Waals surface area contributed by atoms with Gasteiger partial charge >= 0.3 is 0 Å². The fraction of sp³-hybridized carbons (Fsp3) is 0. The smallest absolute Gasteiger partial charge is 0.287 e. The summed E-state index contributed by atoms with van der Waals surface area (Å²) in [6.45, 7) is 0. The monoisotopic (exact) mass is 389 g/mol. The van der Waals surface area contributed by atoms with Crippen LogP contribution < -0.4 is 5.43 Å². The van der Waals surface area contributed by atoms with Crippen LogP contribution in [0.25, 0.3) is 16.9 Å². The molecule has 0 saturated carbocycles. The summed E-state index contributed by atoms with van der Waals surface area (Å²) in [6, 6.07) is 20.6. The Morgan fingerprint density at radius 1 is 1.11 bits per heavy atom. The number of benzene rings is 2. The van der Waals surface area contributed by atoms with E-state index >= 15 is 0 Å². The van der Waals surface area contributed by atoms with Crippen LogP contribution in [0.5, 0.6) is 0 Å². The fourth-order valence-electron chi connectivity index (χ4n) is 2.75. The lowest BCUT2D eigenvalue weighted by atomic mass is 10.1. The first-order chi connectivity index (χ1) is 13.7. The van der Waals surface area contributed by atoms with Crippen molar-refractivity contribution in [1.29, 1.82) is 0 Å². The Balaban J connectivity index is 1.67. The quantitative estimate of drug-likeness (QED) is 0.394. The third-order valence-corrected chi connectivity index (χ3v) is 4.31. The molecule has 0 aliphatic rings. The van der Waals surface area contributed by atoms with Gasteiger partial charge in [0.1, 0.15) is 11.4 Å². The SMILES string of the molecule is O=C(N/N=C\c1cn(-c2ccccc2)nc1-c1cccc(Cl)c1)c1ccc[nH]1. The maximum atomic E-state index is 12.0. The van der Waals surface area contributed by atoms with Crippen molar-refractivity contribution in [3.05, 3.63) is 95.4 Å². The van der Waals surface area contributed by atoms with Gasteiger partial charge in [-0.3, -0.25) is 4.79 Å². The molecule has 0 aliphatic heterocycles. The van der Waals surface area contributed by atoms with Crippen LogP contribution in [-0.2, 0) is 0 Å². The van der Waals surface area contributed by atoms with Gasteiger partial charge in [-0.05, 0) is 36.4 Å². The number of nitrogens with zero attached hydrogens (tertiary/aromatic N) is 3. The maximum Gasteiger partial charge on any atom is 0.287 e. The number of nitrogens with one attached hydrogen (secondary N) is 2. The molecule has 28 heavy (non-hydrogen) atoms. The molecule has 2 aromatic carbocycles. The van der Waals surface area contributed by atoms with Gasteiger partial charge in [0.15, 0.2) is 0 Å². The molecule has 0 fully saturated rings. The van der Waals surface area contributed by atoms with Crippen LogP contribution in [0, 0.1) is 0 Å². The second-order valence-corrected chi connectivity index (χ2v) is 6.44. The van der Waals surface area contributed by atoms with Gasteiger partial charge in [-0.25, -0.2) is 10.1 Å². The van der Waals surface area contributed by atoms with Gasteiger partial charge in [0.05, 0.1) is 11.9 Å². The number of H-pyrrole nitrogens is 1. The largest absolute Gasteiger partial charge is 0.357 e. The zero-order chi connectivity index (χ0) is 19.3. The van der Waals surface area contributed by atoms with E-state index in [0.717, 1.165) is 16.8 Å². The molecule has 4 aromatic rings. The first kappa shape index (κ1) is 17.8. The predicted octanol–water partition coefficient (Wildman–Crippen LogP) is 4.28. The van der Waals surface area contributed by atoms with E-state index < -0.39 is 0 Å². The van der Waals surface area contributed by atoms with Crippen LogP contribution >= 0.6 is 11.6 Å². The number of carbonyl (C=O) groups excluding carboxylic acids is 1. The van der Waals surface area contributed by atoms with E-state index in [1.54, 1.807) is 29.2 Å². The number of hydrazone groups is 1. The van der Waals surface area contributed by atoms with Gasteiger partial charge in [-0.2, -0.15) is 10.2 Å². The molecular formula is C21H16ClN5O. The minimum Gasteiger partial charge on any atom is -0.357 e. The molecule has 0 radical (unpaired) electrons. The molecule has 6 nitrogen and oxygen atoms in total. The zero-order valence-corrected chi connectivity index (χ0v) is 15.5. The van der Waals surface area contributed by atoms with Gasteiger partial charge in [0, 0.05) is 28.5 Å². The number of amides is 1. The van der Waals surface area contributed by atoms with E-state index in [9.17, 15) is 4.79 Å². The molecular weight excluding hydrogens is 374 g/mol. The molecule has 0 atom stereocenters. The topological polar surface area (TPSA) is 75.1 Å². The van der Waals surface area contributed by atoms with Crippen LogP contribution in [0.2, 0.25) is 5.02 Å². The third kappa shape index (κ3) is 3.87. The number of hydrogen-bond donors (Lipinski definition) is 2. The first-order valence-corrected chi connectivity index (χ1v) is 8.96. The Kier molecular flexibility index (Phi) is 5.03. The van der Waals surface area contributed by atoms with E-state index in [-0.39, 0.29) is 5.91 Å². The molecule has 0 unspecified atom stereocenters. The van der Waals surface area contributed by atoms with E-state index in [4.69, 9.17) is 11.6 Å². The number of para-hydroxylation sites is 1. The Bertz CT molecular complexity index is 1120. The van der Waals surface area contributed by atoms with Gasteiger partial charge in [0.2, 0.25) is 0 Å². The van der Waals surface area contributed by atoms with Crippen LogP contribution in [0.4, 0.5) is 0 Å². The highest BCUT2D eigenvalue weighted by Crippen LogP contribution is 2.25. The average molecular weight is 390 g/mol. The number of halogens is 1. The van der Waals surface area contributed by atoms with E-state index in [1.165, 1.54) is 0 Å². The van der Waals surface area contributed by atoms with Crippen LogP contribution in [0.3, 0.4) is 0 Å². The standard InChI is InChI=1S/C21H16ClN5O/c22-17-7-4-6-15(12-17)20-16(13-24-25-21(28)19-10-5-11-23-19)14-27(26-20)18-8-2-1-3-9-18/h1-14,23H,(H,25,28)/b24-13-. The minimum atomic E-state index is -0.319. The number of aromatic nitrogens is 3. The summed E-state index contributed by atoms with van der Waals surface area (Å²) in [7, 11) is 0. The third-order valence-electron chi connectivity index (χ3n) is 4.07. The molecule has 1 amide bonds. The Morgan fingerprint density at radius 3 is 2.71 bits per heavy atom. The summed E-state index contributed by atoms with van der Waals surface area (Å²) in [5, 5.41) is 9.39. The summed E-state index contributed by atoms with van der Waals surface area (Å²) in [4.78, 5) is 14.9. The van der Waals surface area contributed by atoms with Crippen molar-refractivity contribution in [2.75, 3.05) is 0 Å². The second kappa shape index (κ2) is 7.94. The van der Waals surface area contributed by atoms with Crippen molar-refractivity contribution < 1.29 is 4.79 Å². The fourth-order valence-corrected chi connectivity index (χ4v) is 2.94. The maximum absolute atomic E-state index is 12.0. The average Bonchev–Trinajstić information content (AvgIpc) is 3.39. The molecule has 0 aliphatic carbocycles. The summed E-state index contributed by atoms with van der Waals surface area (Å²) in [5.74, 6) is -0.319. The number of hydrogen-bond acceptors (Lipinski definition) is 3. The Labute approximate surface area is 166 Å². The van der Waals surface area contributed by atoms with Crippen molar-refractivity contribution in [3.63, 3.8) is 0 Å². The summed E-state index contributed by atoms with van der Waals surface area (Å²) in [5.41, 5.74) is 6.18. The molecule has 2 N–H and O–H groups in total. The lowest BCUT2D eigenvalue weighted by Crippen LogP contribution is -2.17. The van der Waals surface area contributed by atoms with Gasteiger partial charge in [-0.15, -0.1) is 0 Å². The first-order valence-electron chi connectivity index (χ1n) is 8.58. The van der Waals surface area contributed by atoms with Crippen molar-refractivity contribution in [1.82, 2.24) is 20.2 Å². The second-order valence-electron chi connectivity index (χ2n) is 6.01. The highest BCUT2D eigenvalue weighted by Gasteiger charge is 2.12. The van der Waals surface area contributed by atoms with Crippen molar-refractivity contribution in [2.24, 2.45) is 5.10 Å². The lowest BCUT2D eigenvalue weighted by molar-refractivity contribution is 0.0951. The number of carbonyl (C=O) groups is 1. The minimum absolute atomic E-state index is 0.319. The van der Waals surface area contributed by atoms with E-state index in [1.807, 2.05) is 60.8 Å². The zero-order valence-electron chi connectivity index (χ0n) is 14.7. The Hall–Kier alpha value is -3.64. The molecule has 0 bridgehead atoms. The highest BCUT2D eigenvalue weighted by atomic mass is 35.5. The van der Waals surface area contributed by atoms with Crippen molar-refractivity contribution >= 4 is 23.7 Å². The summed E-state index contributed by atoms with van der Waals surface area (Å²) >= 11 is 6.15. The molecule has 4 rings (SSSR count). The summed E-state index contributed by atoms with van der Waals surface area (Å²) in [6.07, 6.45) is 5.11. The van der Waals surface area contributed by atoms with Crippen molar-refractivity contribution in [3.8, 4) is 16.9 Å². The van der Waals surface area contributed by atoms with Crippen LogP contribution in [0.15, 0.2) is 84.2 Å². The molecule has 0 spiro atoms. The van der Waals surface area contributed by atoms with Crippen molar-refractivity contribution in [2.45, 2.75) is 0 Å². The van der Waals surface area contributed by atoms with E-state index in [2.05, 4.69) is 20.6 Å². The summed E-state index contributed by atoms with van der Waals surface area (Å²) < 4.78 is 1.77. The van der Waals surface area contributed by atoms with Gasteiger partial charge < -0.3 is 4.98 Å². The van der Waals surface area contributed by atoms with Gasteiger partial charge in [-0.1, -0.05) is 41.9 Å². The normalized spacial score (nSPS) is 11.0. The lowest BCUT2D eigenvalue weighted by Gasteiger charge is -2.01. The molecule has 2 aromatic heterocycles. The highest BCUT2D eigenvalue weighted by molar-refractivity contribution is 6.30.